The van der Waals surface area contributed by atoms with Crippen LogP contribution in [0.3, 0.4) is 0 Å². The van der Waals surface area contributed by atoms with Gasteiger partial charge in [0, 0.05) is 0 Å². The zero-order valence-electron chi connectivity index (χ0n) is 3.99. The zero-order chi connectivity index (χ0) is 6.57. The van der Waals surface area contributed by atoms with Gasteiger partial charge < -0.3 is 9.79 Å². The van der Waals surface area contributed by atoms with E-state index in [1.54, 1.807) is 0 Å². The molecule has 0 aromatic rings. The highest BCUT2D eigenvalue weighted by Crippen LogP contribution is 2.28. The average molecular weight is 201 g/mol. The summed E-state index contributed by atoms with van der Waals surface area (Å²) in [5.74, 6) is 0. The lowest BCUT2D eigenvalue weighted by atomic mass is 10.7. The molecule has 0 spiro atoms. The molecule has 0 saturated heterocycles. The topological polar surface area (TPSA) is 49.7 Å². The summed E-state index contributed by atoms with van der Waals surface area (Å²) < 4.78 is 4.37. The Morgan fingerprint density at radius 2 is 2.25 bits per heavy atom. The molecule has 0 aromatic carbocycles. The van der Waals surface area contributed by atoms with E-state index in [2.05, 4.69) is 27.0 Å². The first kappa shape index (κ1) is 8.53. The summed E-state index contributed by atoms with van der Waals surface area (Å²) in [6.07, 6.45) is 1.40. The molecule has 0 aliphatic carbocycles. The van der Waals surface area contributed by atoms with Gasteiger partial charge in [0.15, 0.2) is 0 Å². The van der Waals surface area contributed by atoms with Crippen LogP contribution in [0.25, 0.3) is 0 Å². The van der Waals surface area contributed by atoms with Crippen LogP contribution in [0.1, 0.15) is 0 Å². The van der Waals surface area contributed by atoms with Gasteiger partial charge in [0.25, 0.3) is 0 Å². The van der Waals surface area contributed by atoms with Gasteiger partial charge in [-0.3, -0.25) is 4.52 Å². The lowest BCUT2D eigenvalue weighted by Crippen LogP contribution is -1.93. The molecule has 0 aliphatic heterocycles. The van der Waals surface area contributed by atoms with E-state index in [1.165, 1.54) is 6.08 Å². The summed E-state index contributed by atoms with van der Waals surface area (Å²) in [7, 11) is -2.26. The van der Waals surface area contributed by atoms with Gasteiger partial charge in [-0.05, 0) is 0 Å². The minimum absolute atomic E-state index is 0.469. The molecule has 8 heavy (non-hydrogen) atoms. The van der Waals surface area contributed by atoms with Crippen molar-refractivity contribution in [2.75, 3.05) is 0 Å². The van der Waals surface area contributed by atoms with Gasteiger partial charge in [-0.2, -0.15) is 0 Å². The maximum Gasteiger partial charge on any atom is 0.328 e. The second kappa shape index (κ2) is 4.41. The molecule has 0 amide bonds. The molecule has 0 aromatic heterocycles. The molecule has 0 rings (SSSR count). The summed E-state index contributed by atoms with van der Waals surface area (Å²) in [5, 5.41) is -0.469. The summed E-state index contributed by atoms with van der Waals surface area (Å²) >= 11 is 2.93. The summed E-state index contributed by atoms with van der Waals surface area (Å²) in [5.41, 5.74) is 0. The number of halogens is 1. The van der Waals surface area contributed by atoms with Gasteiger partial charge in [-0.15, -0.1) is 0 Å². The second-order valence-corrected chi connectivity index (χ2v) is 2.56. The van der Waals surface area contributed by atoms with Crippen LogP contribution in [-0.4, -0.2) is 14.8 Å². The highest BCUT2D eigenvalue weighted by atomic mass is 79.9. The fourth-order valence-corrected chi connectivity index (χ4v) is 0.848. The molecule has 1 unspecified atom stereocenters. The minimum atomic E-state index is -2.26. The Labute approximate surface area is 57.1 Å². The average Bonchev–Trinajstić information content (AvgIpc) is 1.65. The monoisotopic (exact) mass is 200 g/mol. The molecule has 0 radical (unpaired) electrons. The van der Waals surface area contributed by atoms with Crippen molar-refractivity contribution in [1.29, 1.82) is 0 Å². The zero-order valence-corrected chi connectivity index (χ0v) is 6.47. The Kier molecular flexibility index (Phi) is 4.71. The number of rotatable bonds is 3. The maximum atomic E-state index is 8.17. The first-order valence-electron chi connectivity index (χ1n) is 1.78. The van der Waals surface area contributed by atoms with E-state index in [0.717, 1.165) is 0 Å². The van der Waals surface area contributed by atoms with E-state index in [9.17, 15) is 0 Å². The van der Waals surface area contributed by atoms with E-state index >= 15 is 0 Å². The van der Waals surface area contributed by atoms with Gasteiger partial charge in [0.1, 0.15) is 5.01 Å². The number of hydrogen-bond acceptors (Lipinski definition) is 3. The quantitative estimate of drug-likeness (QED) is 0.408. The largest absolute Gasteiger partial charge is 0.328 e. The van der Waals surface area contributed by atoms with Crippen molar-refractivity contribution in [1.82, 2.24) is 0 Å². The molecular formula is C3H6BrO3P. The second-order valence-electron chi connectivity index (χ2n) is 0.945. The van der Waals surface area contributed by atoms with Crippen molar-refractivity contribution >= 4 is 24.5 Å². The molecule has 48 valence electrons. The molecular weight excluding hydrogens is 195 g/mol. The number of alkyl halides is 1. The van der Waals surface area contributed by atoms with Crippen LogP contribution < -0.4 is 0 Å². The summed E-state index contributed by atoms with van der Waals surface area (Å²) in [4.78, 5) is 16.3. The van der Waals surface area contributed by atoms with Crippen LogP contribution in [0.5, 0.6) is 0 Å². The third-order valence-electron chi connectivity index (χ3n) is 0.380. The Hall–Kier alpha value is 0.530. The standard InChI is InChI=1S/C3H6BrO3P/c1-2-3(4)7-8(5)6/h2-3,5-6H,1H2. The van der Waals surface area contributed by atoms with Crippen molar-refractivity contribution in [3.8, 4) is 0 Å². The third-order valence-corrected chi connectivity index (χ3v) is 1.65. The normalized spacial score (nSPS) is 14.0. The Morgan fingerprint density at radius 1 is 1.75 bits per heavy atom. The van der Waals surface area contributed by atoms with Gasteiger partial charge >= 0.3 is 8.60 Å². The first-order valence-corrected chi connectivity index (χ1v) is 3.86. The molecule has 1 atom stereocenters. The molecule has 2 N–H and O–H groups in total. The molecule has 3 nitrogen and oxygen atoms in total. The van der Waals surface area contributed by atoms with Crippen LogP contribution in [0.4, 0.5) is 0 Å². The molecule has 0 saturated carbocycles. The van der Waals surface area contributed by atoms with Crippen LogP contribution >= 0.6 is 24.5 Å². The van der Waals surface area contributed by atoms with E-state index < -0.39 is 13.6 Å². The molecule has 5 heteroatoms. The van der Waals surface area contributed by atoms with Crippen molar-refractivity contribution in [2.24, 2.45) is 0 Å². The van der Waals surface area contributed by atoms with E-state index in [0.29, 0.717) is 0 Å². The van der Waals surface area contributed by atoms with Gasteiger partial charge in [-0.1, -0.05) is 28.6 Å². The molecule has 0 heterocycles. The smallest absolute Gasteiger partial charge is 0.328 e. The predicted octanol–water partition coefficient (Wildman–Crippen LogP) is 1.12. The van der Waals surface area contributed by atoms with Crippen molar-refractivity contribution in [3.63, 3.8) is 0 Å². The third kappa shape index (κ3) is 4.68. The highest BCUT2D eigenvalue weighted by Gasteiger charge is 2.03. The van der Waals surface area contributed by atoms with Crippen LogP contribution in [0, 0.1) is 0 Å². The predicted molar refractivity (Wildman–Crippen MR) is 35.4 cm³/mol. The molecule has 0 aliphatic rings. The number of hydrogen-bond donors (Lipinski definition) is 2. The minimum Gasteiger partial charge on any atom is -0.328 e. The van der Waals surface area contributed by atoms with Crippen molar-refractivity contribution in [2.45, 2.75) is 5.01 Å². The van der Waals surface area contributed by atoms with Crippen LogP contribution in [-0.2, 0) is 4.52 Å². The van der Waals surface area contributed by atoms with Crippen LogP contribution in [0.15, 0.2) is 12.7 Å². The Balaban J connectivity index is 3.23. The van der Waals surface area contributed by atoms with E-state index in [1.807, 2.05) is 0 Å². The SMILES string of the molecule is C=CC(Br)OP(O)O. The fourth-order valence-electron chi connectivity index (χ4n) is 0.133. The molecule has 0 fully saturated rings. The summed E-state index contributed by atoms with van der Waals surface area (Å²) in [6.45, 7) is 3.33. The molecule has 0 bridgehead atoms. The highest BCUT2D eigenvalue weighted by molar-refractivity contribution is 9.09. The van der Waals surface area contributed by atoms with Gasteiger partial charge in [-0.25, -0.2) is 0 Å². The summed E-state index contributed by atoms with van der Waals surface area (Å²) in [6, 6.07) is 0. The lowest BCUT2D eigenvalue weighted by molar-refractivity contribution is 0.267. The fraction of sp³-hybridized carbons (Fsp3) is 0.333. The van der Waals surface area contributed by atoms with Gasteiger partial charge in [0.05, 0.1) is 0 Å². The Morgan fingerprint density at radius 3 is 2.38 bits per heavy atom. The van der Waals surface area contributed by atoms with E-state index in [-0.39, 0.29) is 0 Å². The van der Waals surface area contributed by atoms with E-state index in [4.69, 9.17) is 9.79 Å². The van der Waals surface area contributed by atoms with Gasteiger partial charge in [0.2, 0.25) is 0 Å². The Bertz CT molecular complexity index is 76.9. The first-order chi connectivity index (χ1) is 3.66. The lowest BCUT2D eigenvalue weighted by Gasteiger charge is -2.04. The van der Waals surface area contributed by atoms with Crippen molar-refractivity contribution < 1.29 is 14.3 Å². The van der Waals surface area contributed by atoms with Crippen LogP contribution in [0.2, 0.25) is 0 Å². The maximum absolute atomic E-state index is 8.17. The van der Waals surface area contributed by atoms with Crippen molar-refractivity contribution in [3.05, 3.63) is 12.7 Å².